The van der Waals surface area contributed by atoms with Gasteiger partial charge < -0.3 is 9.13 Å². The Morgan fingerprint density at radius 3 is 1.70 bits per heavy atom. The van der Waals surface area contributed by atoms with Crippen molar-refractivity contribution < 1.29 is 0 Å². The van der Waals surface area contributed by atoms with Crippen LogP contribution in [0.15, 0.2) is 152 Å². The van der Waals surface area contributed by atoms with Gasteiger partial charge in [-0.1, -0.05) is 103 Å². The molecule has 5 nitrogen and oxygen atoms in total. The second kappa shape index (κ2) is 11.4. The molecule has 50 heavy (non-hydrogen) atoms. The predicted octanol–water partition coefficient (Wildman–Crippen LogP) is 11.5. The molecule has 2 aromatic heterocycles. The van der Waals surface area contributed by atoms with Crippen LogP contribution in [0.25, 0.3) is 82.1 Å². The van der Waals surface area contributed by atoms with Crippen molar-refractivity contribution in [3.05, 3.63) is 174 Å². The Labute approximate surface area is 288 Å². The number of rotatable bonds is 4. The summed E-state index contributed by atoms with van der Waals surface area (Å²) in [6, 6.07) is 55.5. The highest BCUT2D eigenvalue weighted by molar-refractivity contribution is 6.16. The molecule has 5 heteroatoms. The summed E-state index contributed by atoms with van der Waals surface area (Å²) in [5, 5.41) is 24.6. The molecule has 0 radical (unpaired) electrons. The Hall–Kier alpha value is -7.39. The average Bonchev–Trinajstić information content (AvgIpc) is 3.70. The third kappa shape index (κ3) is 4.17. The molecular weight excluding hydrogens is 611 g/mol. The fourth-order valence-electron chi connectivity index (χ4n) is 7.57. The molecule has 0 aliphatic carbocycles. The summed E-state index contributed by atoms with van der Waals surface area (Å²) >= 11 is 0. The Balaban J connectivity index is 1.31. The average molecular weight is 636 g/mol. The van der Waals surface area contributed by atoms with Crippen LogP contribution in [-0.4, -0.2) is 9.13 Å². The van der Waals surface area contributed by atoms with Crippen molar-refractivity contribution >= 4 is 49.3 Å². The lowest BCUT2D eigenvalue weighted by Crippen LogP contribution is -2.01. The Kier molecular flexibility index (Phi) is 6.56. The van der Waals surface area contributed by atoms with E-state index in [0.29, 0.717) is 16.8 Å². The highest BCUT2D eigenvalue weighted by Gasteiger charge is 2.22. The first-order valence-corrected chi connectivity index (χ1v) is 16.3. The van der Waals surface area contributed by atoms with E-state index in [2.05, 4.69) is 86.8 Å². The molecule has 230 valence electrons. The summed E-state index contributed by atoms with van der Waals surface area (Å²) in [6.45, 7) is 7.93. The SMILES string of the molecule is [C-]#[N+]c1cccc2c1c1cc(C#N)ccc1n2-c1ccccc1-c1ccccc1-c1cccc(-n2c3ccccc3c3ccccc32)c1C#N. The maximum Gasteiger partial charge on any atom is 0.197 e. The van der Waals surface area contributed by atoms with Gasteiger partial charge in [-0.15, -0.1) is 0 Å². The summed E-state index contributed by atoms with van der Waals surface area (Å²) in [7, 11) is 0. The number of para-hydroxylation sites is 3. The van der Waals surface area contributed by atoms with Gasteiger partial charge in [0.05, 0.1) is 51.7 Å². The first-order chi connectivity index (χ1) is 24.7. The number of benzene rings is 7. The van der Waals surface area contributed by atoms with E-state index in [1.54, 1.807) is 0 Å². The molecule has 9 aromatic rings. The highest BCUT2D eigenvalue weighted by Crippen LogP contribution is 2.43. The van der Waals surface area contributed by atoms with E-state index in [9.17, 15) is 10.5 Å². The van der Waals surface area contributed by atoms with Gasteiger partial charge in [-0.25, -0.2) is 4.85 Å². The third-order valence-electron chi connectivity index (χ3n) is 9.65. The van der Waals surface area contributed by atoms with Crippen LogP contribution in [-0.2, 0) is 0 Å². The number of hydrogen-bond donors (Lipinski definition) is 0. The molecule has 7 aromatic carbocycles. The lowest BCUT2D eigenvalue weighted by Gasteiger charge is -2.19. The van der Waals surface area contributed by atoms with Crippen molar-refractivity contribution in [1.82, 2.24) is 9.13 Å². The fraction of sp³-hybridized carbons (Fsp3) is 0. The summed E-state index contributed by atoms with van der Waals surface area (Å²) in [6.07, 6.45) is 0. The third-order valence-corrected chi connectivity index (χ3v) is 9.65. The van der Waals surface area contributed by atoms with Crippen molar-refractivity contribution in [3.8, 4) is 45.8 Å². The van der Waals surface area contributed by atoms with E-state index >= 15 is 0 Å². The van der Waals surface area contributed by atoms with Crippen LogP contribution in [0, 0.1) is 29.2 Å². The molecule has 0 amide bonds. The number of aromatic nitrogens is 2. The summed E-state index contributed by atoms with van der Waals surface area (Å²) in [5.41, 5.74) is 11.1. The topological polar surface area (TPSA) is 61.8 Å². The second-order valence-corrected chi connectivity index (χ2v) is 12.2. The lowest BCUT2D eigenvalue weighted by atomic mass is 9.90. The van der Waals surface area contributed by atoms with Crippen LogP contribution in [0.2, 0.25) is 0 Å². The van der Waals surface area contributed by atoms with Crippen LogP contribution in [0.1, 0.15) is 11.1 Å². The Morgan fingerprint density at radius 1 is 0.460 bits per heavy atom. The summed E-state index contributed by atoms with van der Waals surface area (Å²) in [5.74, 6) is 0. The van der Waals surface area contributed by atoms with Crippen molar-refractivity contribution in [2.24, 2.45) is 0 Å². The van der Waals surface area contributed by atoms with Crippen LogP contribution < -0.4 is 0 Å². The molecule has 0 saturated heterocycles. The largest absolute Gasteiger partial charge is 0.310 e. The minimum absolute atomic E-state index is 0.541. The van der Waals surface area contributed by atoms with Gasteiger partial charge in [-0.3, -0.25) is 0 Å². The van der Waals surface area contributed by atoms with Gasteiger partial charge in [-0.2, -0.15) is 10.5 Å². The van der Waals surface area contributed by atoms with E-state index in [-0.39, 0.29) is 0 Å². The minimum Gasteiger partial charge on any atom is -0.310 e. The standard InChI is InChI=1S/C45H25N5/c1-48-38-18-11-23-44-45(38)36-26-29(27-46)24-25-43(36)50(44)39-19-7-4-14-33(39)31-13-3-2-12-30(31)32-17-10-22-42(37(32)28-47)49-40-20-8-5-15-34(40)35-16-6-9-21-41(35)49/h2-26H. The van der Waals surface area contributed by atoms with Crippen molar-refractivity contribution in [3.63, 3.8) is 0 Å². The minimum atomic E-state index is 0.541. The Morgan fingerprint density at radius 2 is 1.00 bits per heavy atom. The molecule has 0 unspecified atom stereocenters. The van der Waals surface area contributed by atoms with E-state index in [4.69, 9.17) is 6.57 Å². The maximum atomic E-state index is 10.9. The van der Waals surface area contributed by atoms with Crippen molar-refractivity contribution in [2.45, 2.75) is 0 Å². The molecule has 0 aliphatic heterocycles. The van der Waals surface area contributed by atoms with Gasteiger partial charge in [-0.05, 0) is 65.0 Å². The molecule has 0 fully saturated rings. The van der Waals surface area contributed by atoms with Crippen LogP contribution >= 0.6 is 0 Å². The quantitative estimate of drug-likeness (QED) is 0.181. The van der Waals surface area contributed by atoms with Crippen LogP contribution in [0.3, 0.4) is 0 Å². The summed E-state index contributed by atoms with van der Waals surface area (Å²) < 4.78 is 4.39. The van der Waals surface area contributed by atoms with E-state index < -0.39 is 0 Å². The van der Waals surface area contributed by atoms with Gasteiger partial charge in [0.25, 0.3) is 0 Å². The smallest absolute Gasteiger partial charge is 0.197 e. The highest BCUT2D eigenvalue weighted by atomic mass is 15.0. The molecule has 0 aliphatic rings. The first-order valence-electron chi connectivity index (χ1n) is 16.3. The molecule has 0 atom stereocenters. The maximum absolute atomic E-state index is 10.9. The molecule has 0 spiro atoms. The fourth-order valence-corrected chi connectivity index (χ4v) is 7.57. The van der Waals surface area contributed by atoms with Gasteiger partial charge in [0.1, 0.15) is 6.07 Å². The van der Waals surface area contributed by atoms with E-state index in [1.807, 2.05) is 91.0 Å². The Bertz CT molecular complexity index is 2920. The van der Waals surface area contributed by atoms with Gasteiger partial charge in [0.15, 0.2) is 5.69 Å². The van der Waals surface area contributed by atoms with Crippen LogP contribution in [0.5, 0.6) is 0 Å². The van der Waals surface area contributed by atoms with E-state index in [0.717, 1.165) is 77.2 Å². The van der Waals surface area contributed by atoms with Gasteiger partial charge in [0.2, 0.25) is 0 Å². The molecule has 0 saturated carbocycles. The summed E-state index contributed by atoms with van der Waals surface area (Å²) in [4.78, 5) is 3.85. The molecule has 0 N–H and O–H groups in total. The lowest BCUT2D eigenvalue weighted by molar-refractivity contribution is 1.17. The number of nitrogens with zero attached hydrogens (tertiary/aromatic N) is 5. The van der Waals surface area contributed by atoms with E-state index in [1.165, 1.54) is 0 Å². The molecular formula is C45H25N5. The second-order valence-electron chi connectivity index (χ2n) is 12.2. The van der Waals surface area contributed by atoms with Gasteiger partial charge in [0, 0.05) is 32.8 Å². The van der Waals surface area contributed by atoms with Crippen molar-refractivity contribution in [1.29, 1.82) is 10.5 Å². The van der Waals surface area contributed by atoms with Crippen LogP contribution in [0.4, 0.5) is 5.69 Å². The monoisotopic (exact) mass is 635 g/mol. The molecule has 9 rings (SSSR count). The normalized spacial score (nSPS) is 11.1. The molecule has 0 bridgehead atoms. The number of nitriles is 2. The zero-order valence-corrected chi connectivity index (χ0v) is 26.7. The number of fused-ring (bicyclic) bond motifs is 6. The van der Waals surface area contributed by atoms with Crippen molar-refractivity contribution in [2.75, 3.05) is 0 Å². The molecule has 2 heterocycles. The predicted molar refractivity (Wildman–Crippen MR) is 202 cm³/mol. The first kappa shape index (κ1) is 28.8. The zero-order valence-electron chi connectivity index (χ0n) is 26.7. The van der Waals surface area contributed by atoms with Gasteiger partial charge >= 0.3 is 0 Å². The zero-order chi connectivity index (χ0) is 33.8. The number of hydrogen-bond acceptors (Lipinski definition) is 2.